The molecule has 2 amide bonds. The van der Waals surface area contributed by atoms with Gasteiger partial charge in [-0.1, -0.05) is 6.58 Å². The zero-order valence-electron chi connectivity index (χ0n) is 15.4. The maximum atomic E-state index is 13.0. The van der Waals surface area contributed by atoms with Gasteiger partial charge in [-0.05, 0) is 36.4 Å². The molecule has 10 heteroatoms. The van der Waals surface area contributed by atoms with Crippen molar-refractivity contribution < 1.29 is 23.1 Å². The maximum absolute atomic E-state index is 13.0. The molecule has 0 aliphatic carbocycles. The molecule has 0 spiro atoms. The van der Waals surface area contributed by atoms with Gasteiger partial charge in [0.05, 0.1) is 28.9 Å². The van der Waals surface area contributed by atoms with Crippen LogP contribution in [-0.4, -0.2) is 32.7 Å². The quantitative estimate of drug-likeness (QED) is 0.590. The first kappa shape index (κ1) is 19.9. The van der Waals surface area contributed by atoms with Crippen LogP contribution in [0.3, 0.4) is 0 Å². The lowest BCUT2D eigenvalue weighted by molar-refractivity contribution is -0.158. The Kier molecular flexibility index (Phi) is 5.26. The molecule has 2 heterocycles. The minimum absolute atomic E-state index is 0.00355. The van der Waals surface area contributed by atoms with E-state index in [-0.39, 0.29) is 17.9 Å². The Morgan fingerprint density at radius 1 is 1.31 bits per heavy atom. The molecule has 1 aromatic carbocycles. The van der Waals surface area contributed by atoms with Crippen molar-refractivity contribution in [3.63, 3.8) is 0 Å². The topological polar surface area (TPSA) is 112 Å². The average Bonchev–Trinajstić information content (AvgIpc) is 3.04. The number of carbonyl (C=O) groups is 2. The lowest BCUT2D eigenvalue weighted by atomic mass is 10.1. The number of benzene rings is 1. The van der Waals surface area contributed by atoms with E-state index in [9.17, 15) is 18.4 Å². The molecule has 29 heavy (non-hydrogen) atoms. The van der Waals surface area contributed by atoms with Crippen molar-refractivity contribution in [2.75, 3.05) is 0 Å². The summed E-state index contributed by atoms with van der Waals surface area (Å²) in [4.78, 5) is 27.6. The largest absolute Gasteiger partial charge is 0.433 e. The van der Waals surface area contributed by atoms with Crippen molar-refractivity contribution in [2.24, 2.45) is 5.73 Å². The number of nitrogens with one attached hydrogen (secondary N) is 1. The SMILES string of the molecule is C=CC(=O)NCc1nn(-c2ccc(OC(C)(F)F)cc2)c2nccc(C(N)=O)c12. The number of alkyl halides is 2. The van der Waals surface area contributed by atoms with Gasteiger partial charge in [0.15, 0.2) is 5.65 Å². The minimum atomic E-state index is -3.31. The summed E-state index contributed by atoms with van der Waals surface area (Å²) in [6, 6.07) is 7.20. The summed E-state index contributed by atoms with van der Waals surface area (Å²) in [6.45, 7) is 4.02. The lowest BCUT2D eigenvalue weighted by Crippen LogP contribution is -2.21. The van der Waals surface area contributed by atoms with Crippen LogP contribution in [-0.2, 0) is 11.3 Å². The number of ether oxygens (including phenoxy) is 1. The number of amides is 2. The molecular weight excluding hydrogens is 384 g/mol. The number of fused-ring (bicyclic) bond motifs is 1. The van der Waals surface area contributed by atoms with Gasteiger partial charge < -0.3 is 15.8 Å². The zero-order valence-corrected chi connectivity index (χ0v) is 15.4. The molecule has 0 unspecified atom stereocenters. The minimum Gasteiger partial charge on any atom is -0.433 e. The van der Waals surface area contributed by atoms with Crippen molar-refractivity contribution in [3.8, 4) is 11.4 Å². The highest BCUT2D eigenvalue weighted by molar-refractivity contribution is 6.06. The van der Waals surface area contributed by atoms with Crippen LogP contribution >= 0.6 is 0 Å². The van der Waals surface area contributed by atoms with Gasteiger partial charge in [-0.25, -0.2) is 9.67 Å². The number of nitrogens with two attached hydrogens (primary N) is 1. The van der Waals surface area contributed by atoms with Gasteiger partial charge in [-0.3, -0.25) is 9.59 Å². The summed E-state index contributed by atoms with van der Waals surface area (Å²) >= 11 is 0. The van der Waals surface area contributed by atoms with Crippen molar-refractivity contribution in [1.29, 1.82) is 0 Å². The Morgan fingerprint density at radius 3 is 2.59 bits per heavy atom. The summed E-state index contributed by atoms with van der Waals surface area (Å²) in [7, 11) is 0. The van der Waals surface area contributed by atoms with Crippen LogP contribution in [0.5, 0.6) is 5.75 Å². The normalized spacial score (nSPS) is 11.3. The number of halogens is 2. The number of aromatic nitrogens is 3. The molecule has 8 nitrogen and oxygen atoms in total. The number of primary amides is 1. The second-order valence-corrected chi connectivity index (χ2v) is 6.11. The predicted octanol–water partition coefficient (Wildman–Crippen LogP) is 2.31. The standard InChI is InChI=1S/C19H17F2N5O3/c1-3-15(27)24-10-14-16-13(17(22)28)8-9-23-18(16)26(25-14)11-4-6-12(7-5-11)29-19(2,20)21/h3-9H,1,10H2,2H3,(H2,22,28)(H,24,27). The Morgan fingerprint density at radius 2 is 2.00 bits per heavy atom. The van der Waals surface area contributed by atoms with E-state index in [1.165, 1.54) is 41.2 Å². The fourth-order valence-corrected chi connectivity index (χ4v) is 2.73. The van der Waals surface area contributed by atoms with Crippen LogP contribution in [0.25, 0.3) is 16.7 Å². The van der Waals surface area contributed by atoms with Crippen LogP contribution in [0.2, 0.25) is 0 Å². The molecule has 0 atom stereocenters. The van der Waals surface area contributed by atoms with Crippen molar-refractivity contribution >= 4 is 22.8 Å². The summed E-state index contributed by atoms with van der Waals surface area (Å²) < 4.78 is 32.0. The number of carbonyl (C=O) groups excluding carboxylic acids is 2. The van der Waals surface area contributed by atoms with Gasteiger partial charge in [0, 0.05) is 13.1 Å². The average molecular weight is 401 g/mol. The molecule has 0 bridgehead atoms. The number of pyridine rings is 1. The summed E-state index contributed by atoms with van der Waals surface area (Å²) in [6.07, 6.45) is -0.801. The molecule has 0 radical (unpaired) electrons. The van der Waals surface area contributed by atoms with E-state index >= 15 is 0 Å². The molecular formula is C19H17F2N5O3. The van der Waals surface area contributed by atoms with Gasteiger partial charge in [-0.2, -0.15) is 13.9 Å². The van der Waals surface area contributed by atoms with Crippen LogP contribution in [0.1, 0.15) is 23.0 Å². The van der Waals surface area contributed by atoms with E-state index in [2.05, 4.69) is 26.7 Å². The third kappa shape index (κ3) is 4.37. The summed E-state index contributed by atoms with van der Waals surface area (Å²) in [5.74, 6) is -1.12. The third-order valence-corrected chi connectivity index (χ3v) is 3.90. The number of rotatable bonds is 7. The first-order chi connectivity index (χ1) is 13.7. The Balaban J connectivity index is 2.08. The molecule has 150 valence electrons. The zero-order chi connectivity index (χ0) is 21.2. The highest BCUT2D eigenvalue weighted by atomic mass is 19.3. The fraction of sp³-hybridized carbons (Fsp3) is 0.158. The van der Waals surface area contributed by atoms with Crippen LogP contribution < -0.4 is 15.8 Å². The number of hydrogen-bond donors (Lipinski definition) is 2. The maximum Gasteiger partial charge on any atom is 0.394 e. The second kappa shape index (κ2) is 7.66. The van der Waals surface area contributed by atoms with Crippen molar-refractivity contribution in [3.05, 3.63) is 60.4 Å². The molecule has 3 rings (SSSR count). The van der Waals surface area contributed by atoms with E-state index in [4.69, 9.17) is 5.73 Å². The van der Waals surface area contributed by atoms with Gasteiger partial charge in [0.1, 0.15) is 5.75 Å². The number of nitrogens with zero attached hydrogens (tertiary/aromatic N) is 3. The summed E-state index contributed by atoms with van der Waals surface area (Å²) in [5, 5.41) is 7.39. The fourth-order valence-electron chi connectivity index (χ4n) is 2.73. The third-order valence-electron chi connectivity index (χ3n) is 3.90. The highest BCUT2D eigenvalue weighted by Gasteiger charge is 2.23. The van der Waals surface area contributed by atoms with Crippen LogP contribution in [0.15, 0.2) is 49.2 Å². The van der Waals surface area contributed by atoms with E-state index in [1.54, 1.807) is 0 Å². The van der Waals surface area contributed by atoms with Crippen molar-refractivity contribution in [2.45, 2.75) is 19.6 Å². The van der Waals surface area contributed by atoms with E-state index in [0.29, 0.717) is 29.3 Å². The lowest BCUT2D eigenvalue weighted by Gasteiger charge is -2.13. The first-order valence-electron chi connectivity index (χ1n) is 8.43. The van der Waals surface area contributed by atoms with Gasteiger partial charge in [0.25, 0.3) is 0 Å². The molecule has 0 saturated heterocycles. The Bertz CT molecular complexity index is 1090. The van der Waals surface area contributed by atoms with Gasteiger partial charge >= 0.3 is 6.11 Å². The van der Waals surface area contributed by atoms with E-state index in [0.717, 1.165) is 6.08 Å². The molecule has 2 aromatic heterocycles. The molecule has 3 aromatic rings. The van der Waals surface area contributed by atoms with Crippen molar-refractivity contribution in [1.82, 2.24) is 20.1 Å². The van der Waals surface area contributed by atoms with Crippen LogP contribution in [0, 0.1) is 0 Å². The number of hydrogen-bond acceptors (Lipinski definition) is 5. The smallest absolute Gasteiger partial charge is 0.394 e. The van der Waals surface area contributed by atoms with E-state index < -0.39 is 17.9 Å². The first-order valence-corrected chi connectivity index (χ1v) is 8.43. The monoisotopic (exact) mass is 401 g/mol. The molecule has 0 saturated carbocycles. The van der Waals surface area contributed by atoms with Gasteiger partial charge in [-0.15, -0.1) is 0 Å². The highest BCUT2D eigenvalue weighted by Crippen LogP contribution is 2.26. The summed E-state index contributed by atoms with van der Waals surface area (Å²) in [5.41, 5.74) is 6.81. The molecule has 0 fully saturated rings. The molecule has 3 N–H and O–H groups in total. The Labute approximate surface area is 164 Å². The molecule has 0 aliphatic rings. The predicted molar refractivity (Wildman–Crippen MR) is 101 cm³/mol. The van der Waals surface area contributed by atoms with Gasteiger partial charge in [0.2, 0.25) is 11.8 Å². The Hall–Kier alpha value is -3.82. The van der Waals surface area contributed by atoms with Crippen LogP contribution in [0.4, 0.5) is 8.78 Å². The van der Waals surface area contributed by atoms with E-state index in [1.807, 2.05) is 0 Å². The second-order valence-electron chi connectivity index (χ2n) is 6.11. The molecule has 0 aliphatic heterocycles.